The van der Waals surface area contributed by atoms with Gasteiger partial charge in [0, 0.05) is 12.1 Å². The molecule has 1 aliphatic rings. The molecule has 4 rings (SSSR count). The van der Waals surface area contributed by atoms with Gasteiger partial charge in [-0.1, -0.05) is 35.5 Å². The second-order valence-corrected chi connectivity index (χ2v) is 6.72. The lowest BCUT2D eigenvalue weighted by Gasteiger charge is -2.24. The van der Waals surface area contributed by atoms with E-state index in [0.29, 0.717) is 31.8 Å². The summed E-state index contributed by atoms with van der Waals surface area (Å²) in [6, 6.07) is 11.9. The van der Waals surface area contributed by atoms with E-state index in [2.05, 4.69) is 15.6 Å². The van der Waals surface area contributed by atoms with E-state index < -0.39 is 0 Å². The predicted molar refractivity (Wildman–Crippen MR) is 98.2 cm³/mol. The molecule has 0 saturated carbocycles. The van der Waals surface area contributed by atoms with Crippen molar-refractivity contribution in [1.82, 2.24) is 20.3 Å². The number of aryl methyl sites for hydroxylation is 2. The average Bonchev–Trinajstić information content (AvgIpc) is 3.26. The third kappa shape index (κ3) is 3.64. The number of carbonyl (C=O) groups is 1. The third-order valence-corrected chi connectivity index (χ3v) is 4.88. The number of ether oxygens (including phenoxy) is 1. The number of fused-ring (bicyclic) bond motifs is 1. The molecule has 1 N–H and O–H groups in total. The van der Waals surface area contributed by atoms with Crippen LogP contribution < -0.4 is 5.32 Å². The van der Waals surface area contributed by atoms with E-state index in [0.717, 1.165) is 28.3 Å². The van der Waals surface area contributed by atoms with E-state index in [1.165, 1.54) is 0 Å². The number of hydrogen-bond donors (Lipinski definition) is 1. The summed E-state index contributed by atoms with van der Waals surface area (Å²) < 4.78 is 12.9. The van der Waals surface area contributed by atoms with Gasteiger partial charge < -0.3 is 14.6 Å². The molecule has 0 spiro atoms. The van der Waals surface area contributed by atoms with Crippen LogP contribution in [0.15, 0.2) is 40.9 Å². The maximum absolute atomic E-state index is 12.4. The van der Waals surface area contributed by atoms with Crippen LogP contribution in [0.4, 0.5) is 0 Å². The Morgan fingerprint density at radius 2 is 2.11 bits per heavy atom. The number of nitrogens with one attached hydrogen (secondary N) is 1. The molecule has 2 aromatic heterocycles. The van der Waals surface area contributed by atoms with Crippen molar-refractivity contribution in [2.24, 2.45) is 0 Å². The zero-order chi connectivity index (χ0) is 18.8. The maximum Gasteiger partial charge on any atom is 0.271 e. The van der Waals surface area contributed by atoms with Crippen molar-refractivity contribution in [3.63, 3.8) is 0 Å². The Bertz CT molecular complexity index is 926. The molecule has 0 aliphatic carbocycles. The van der Waals surface area contributed by atoms with Gasteiger partial charge in [0.25, 0.3) is 5.91 Å². The molecule has 1 amide bonds. The topological polar surface area (TPSA) is 82.2 Å². The van der Waals surface area contributed by atoms with E-state index in [-0.39, 0.29) is 12.0 Å². The molecule has 0 saturated heterocycles. The minimum atomic E-state index is -0.181. The summed E-state index contributed by atoms with van der Waals surface area (Å²) in [4.78, 5) is 12.4. The first-order valence-corrected chi connectivity index (χ1v) is 9.05. The fraction of sp³-hybridized carbons (Fsp3) is 0.350. The molecule has 7 heteroatoms. The Hall–Kier alpha value is -2.93. The SMILES string of the molecule is Cc1noc(C)c1CCNC(=O)c1cc2n(n1)C[C@H](c1ccccc1)OC2. The van der Waals surface area contributed by atoms with Crippen LogP contribution in [0.5, 0.6) is 0 Å². The Kier molecular flexibility index (Phi) is 4.77. The molecule has 140 valence electrons. The number of rotatable bonds is 5. The van der Waals surface area contributed by atoms with Crippen molar-refractivity contribution < 1.29 is 14.1 Å². The largest absolute Gasteiger partial charge is 0.365 e. The molecule has 27 heavy (non-hydrogen) atoms. The molecule has 7 nitrogen and oxygen atoms in total. The van der Waals surface area contributed by atoms with Crippen molar-refractivity contribution in [1.29, 1.82) is 0 Å². The van der Waals surface area contributed by atoms with Crippen LogP contribution in [0.25, 0.3) is 0 Å². The molecule has 1 atom stereocenters. The Morgan fingerprint density at radius 3 is 2.85 bits per heavy atom. The van der Waals surface area contributed by atoms with Gasteiger partial charge in [0.2, 0.25) is 0 Å². The normalized spacial score (nSPS) is 16.1. The van der Waals surface area contributed by atoms with E-state index in [1.54, 1.807) is 6.07 Å². The highest BCUT2D eigenvalue weighted by molar-refractivity contribution is 5.92. The van der Waals surface area contributed by atoms with Gasteiger partial charge in [0.15, 0.2) is 5.69 Å². The minimum absolute atomic E-state index is 0.0472. The summed E-state index contributed by atoms with van der Waals surface area (Å²) >= 11 is 0. The van der Waals surface area contributed by atoms with Crippen LogP contribution in [0.2, 0.25) is 0 Å². The van der Waals surface area contributed by atoms with Gasteiger partial charge >= 0.3 is 0 Å². The molecule has 3 heterocycles. The van der Waals surface area contributed by atoms with Gasteiger partial charge in [0.1, 0.15) is 11.9 Å². The molecule has 1 aliphatic heterocycles. The van der Waals surface area contributed by atoms with Crippen molar-refractivity contribution >= 4 is 5.91 Å². The van der Waals surface area contributed by atoms with Gasteiger partial charge in [-0.3, -0.25) is 9.48 Å². The molecule has 1 aromatic carbocycles. The Labute approximate surface area is 157 Å². The summed E-state index contributed by atoms with van der Waals surface area (Å²) in [5, 5.41) is 11.3. The van der Waals surface area contributed by atoms with Crippen LogP contribution in [0.1, 0.15) is 44.9 Å². The van der Waals surface area contributed by atoms with Gasteiger partial charge in [-0.2, -0.15) is 5.10 Å². The van der Waals surface area contributed by atoms with E-state index in [4.69, 9.17) is 9.26 Å². The van der Waals surface area contributed by atoms with E-state index in [1.807, 2.05) is 48.9 Å². The summed E-state index contributed by atoms with van der Waals surface area (Å²) in [6.07, 6.45) is 0.633. The van der Waals surface area contributed by atoms with Crippen LogP contribution in [-0.4, -0.2) is 27.4 Å². The van der Waals surface area contributed by atoms with E-state index in [9.17, 15) is 4.79 Å². The van der Waals surface area contributed by atoms with Crippen molar-refractivity contribution in [3.05, 3.63) is 70.4 Å². The van der Waals surface area contributed by atoms with Crippen molar-refractivity contribution in [2.45, 2.75) is 39.5 Å². The van der Waals surface area contributed by atoms with Gasteiger partial charge in [-0.15, -0.1) is 0 Å². The summed E-state index contributed by atoms with van der Waals surface area (Å²) in [5.74, 6) is 0.614. The highest BCUT2D eigenvalue weighted by atomic mass is 16.5. The number of benzene rings is 1. The predicted octanol–water partition coefficient (Wildman–Crippen LogP) is 2.73. The highest BCUT2D eigenvalue weighted by Crippen LogP contribution is 2.26. The van der Waals surface area contributed by atoms with Crippen LogP contribution in [0.3, 0.4) is 0 Å². The fourth-order valence-electron chi connectivity index (χ4n) is 3.36. The van der Waals surface area contributed by atoms with Crippen molar-refractivity contribution in [3.8, 4) is 0 Å². The first kappa shape index (κ1) is 17.5. The highest BCUT2D eigenvalue weighted by Gasteiger charge is 2.24. The quantitative estimate of drug-likeness (QED) is 0.751. The number of carbonyl (C=O) groups excluding carboxylic acids is 1. The Morgan fingerprint density at radius 1 is 1.30 bits per heavy atom. The second kappa shape index (κ2) is 7.36. The fourth-order valence-corrected chi connectivity index (χ4v) is 3.36. The smallest absolute Gasteiger partial charge is 0.271 e. The molecule has 0 bridgehead atoms. The number of amides is 1. The molecular weight excluding hydrogens is 344 g/mol. The second-order valence-electron chi connectivity index (χ2n) is 6.72. The van der Waals surface area contributed by atoms with Crippen LogP contribution in [-0.2, 0) is 24.3 Å². The van der Waals surface area contributed by atoms with E-state index >= 15 is 0 Å². The number of hydrogen-bond acceptors (Lipinski definition) is 5. The molecule has 0 unspecified atom stereocenters. The lowest BCUT2D eigenvalue weighted by atomic mass is 10.1. The zero-order valence-corrected chi connectivity index (χ0v) is 15.4. The first-order valence-electron chi connectivity index (χ1n) is 9.05. The maximum atomic E-state index is 12.4. The molecule has 3 aromatic rings. The van der Waals surface area contributed by atoms with Crippen LogP contribution >= 0.6 is 0 Å². The average molecular weight is 366 g/mol. The lowest BCUT2D eigenvalue weighted by molar-refractivity contribution is -0.00119. The summed E-state index contributed by atoms with van der Waals surface area (Å²) in [5.41, 5.74) is 4.35. The van der Waals surface area contributed by atoms with Crippen molar-refractivity contribution in [2.75, 3.05) is 6.54 Å². The standard InChI is InChI=1S/C20H22N4O3/c1-13-17(14(2)27-23-13)8-9-21-20(25)18-10-16-12-26-19(11-24(16)22-18)15-6-4-3-5-7-15/h3-7,10,19H,8-9,11-12H2,1-2H3,(H,21,25)/t19-/m1/s1. The lowest BCUT2D eigenvalue weighted by Crippen LogP contribution is -2.26. The van der Waals surface area contributed by atoms with Gasteiger partial charge in [-0.05, 0) is 31.9 Å². The third-order valence-electron chi connectivity index (χ3n) is 4.88. The van der Waals surface area contributed by atoms with Gasteiger partial charge in [0.05, 0.1) is 24.5 Å². The summed E-state index contributed by atoms with van der Waals surface area (Å²) in [6.45, 7) is 5.34. The molecule has 0 fully saturated rings. The van der Waals surface area contributed by atoms with Gasteiger partial charge in [-0.25, -0.2) is 0 Å². The summed E-state index contributed by atoms with van der Waals surface area (Å²) in [7, 11) is 0. The van der Waals surface area contributed by atoms with Crippen LogP contribution in [0, 0.1) is 13.8 Å². The zero-order valence-electron chi connectivity index (χ0n) is 15.4. The number of aromatic nitrogens is 3. The minimum Gasteiger partial charge on any atom is -0.365 e. The monoisotopic (exact) mass is 366 g/mol. The Balaban J connectivity index is 1.38. The molecule has 0 radical (unpaired) electrons. The number of nitrogens with zero attached hydrogens (tertiary/aromatic N) is 3. The first-order chi connectivity index (χ1) is 13.1. The molecular formula is C20H22N4O3.